The minimum absolute atomic E-state index is 0. The summed E-state index contributed by atoms with van der Waals surface area (Å²) in [6, 6.07) is 63.8. The summed E-state index contributed by atoms with van der Waals surface area (Å²) in [6.07, 6.45) is 4.18. The molecule has 0 atom stereocenters. The van der Waals surface area contributed by atoms with Crippen molar-refractivity contribution in [2.75, 3.05) is 9.80 Å². The van der Waals surface area contributed by atoms with Gasteiger partial charge >= 0.3 is 0 Å². The molecule has 9 aromatic rings. The molecule has 11 rings (SSSR count). The van der Waals surface area contributed by atoms with E-state index in [1.54, 1.807) is 0 Å². The van der Waals surface area contributed by atoms with E-state index >= 15 is 0 Å². The van der Waals surface area contributed by atoms with Crippen LogP contribution < -0.4 is 14.5 Å². The monoisotopic (exact) mass is 1050 g/mol. The molecule has 0 bridgehead atoms. The van der Waals surface area contributed by atoms with Crippen molar-refractivity contribution in [3.63, 3.8) is 0 Å². The second-order valence-corrected chi connectivity index (χ2v) is 20.3. The van der Waals surface area contributed by atoms with Crippen LogP contribution in [0, 0.1) is 18.8 Å². The summed E-state index contributed by atoms with van der Waals surface area (Å²) in [5.74, 6) is 2.03. The van der Waals surface area contributed by atoms with E-state index in [4.69, 9.17) is 9.72 Å². The van der Waals surface area contributed by atoms with Crippen LogP contribution in [0.2, 0.25) is 0 Å². The first-order chi connectivity index (χ1) is 31.7. The minimum atomic E-state index is -0.246. The molecule has 0 saturated carbocycles. The van der Waals surface area contributed by atoms with Crippen molar-refractivity contribution in [3.8, 4) is 39.6 Å². The van der Waals surface area contributed by atoms with Gasteiger partial charge in [0.05, 0.1) is 0 Å². The summed E-state index contributed by atoms with van der Waals surface area (Å²) in [5.41, 5.74) is 15.7. The number of anilines is 2. The average Bonchev–Trinajstić information content (AvgIpc) is 3.92. The van der Waals surface area contributed by atoms with E-state index in [0.29, 0.717) is 11.5 Å². The van der Waals surface area contributed by atoms with E-state index in [9.17, 15) is 0 Å². The van der Waals surface area contributed by atoms with Crippen LogP contribution in [0.1, 0.15) is 83.2 Å². The van der Waals surface area contributed by atoms with Gasteiger partial charge in [-0.1, -0.05) is 175 Å². The number of hydrogen-bond acceptors (Lipinski definition) is 4. The summed E-state index contributed by atoms with van der Waals surface area (Å²) in [6.45, 7) is 20.5. The van der Waals surface area contributed by atoms with Gasteiger partial charge in [-0.2, -0.15) is 12.1 Å². The van der Waals surface area contributed by atoms with Gasteiger partial charge in [-0.15, -0.1) is 41.9 Å². The number of benzene rings is 7. The number of hydrogen-bond donors (Lipinski definition) is 0. The SMILES string of the molecule is CC(C)(C)c1cc(N2C=C3c4ccccc4-c4ccc(Oc5[c-]c6c(cc5)c5cc(-c7ccccc7)ccc5n6-c5cc(C(C)(C)c6ccccc6)ccn5)[c-]c4N3[CH-]2)cc(C(C)(C)C)c1.[Pt]. The van der Waals surface area contributed by atoms with E-state index < -0.39 is 0 Å². The topological polar surface area (TPSA) is 33.5 Å². The number of ether oxygens (including phenoxy) is 1. The summed E-state index contributed by atoms with van der Waals surface area (Å²) >= 11 is 0. The maximum absolute atomic E-state index is 6.80. The molecule has 2 aliphatic heterocycles. The van der Waals surface area contributed by atoms with Crippen LogP contribution in [0.4, 0.5) is 11.4 Å². The standard InChI is InChI=1S/C61H53N4O.Pt/c1-59(2,3)44-32-45(60(4,5)6)34-46(33-44)63-38-57-50-22-16-15-21-49(50)51-26-24-47(36-55(51)64(57)39-63)66-48-25-27-52-53-31-41(40-17-11-9-12-18-40)23-28-54(53)65(56(52)37-48)58-35-43(29-30-62-58)61(7,8)42-19-13-10-14-20-42;/h9-35,38-39H,1-8H3;/q-3;. The third-order valence-electron chi connectivity index (χ3n) is 13.5. The number of aromatic nitrogens is 2. The Morgan fingerprint density at radius 2 is 1.19 bits per heavy atom. The maximum atomic E-state index is 6.80. The quantitative estimate of drug-likeness (QED) is 0.149. The maximum Gasteiger partial charge on any atom is 0.135 e. The fraction of sp³-hybridized carbons (Fsp3) is 0.180. The molecule has 0 N–H and O–H groups in total. The van der Waals surface area contributed by atoms with Crippen LogP contribution in [0.25, 0.3) is 55.6 Å². The van der Waals surface area contributed by atoms with Gasteiger partial charge in [-0.3, -0.25) is 0 Å². The molecule has 0 fully saturated rings. The van der Waals surface area contributed by atoms with Crippen molar-refractivity contribution in [2.45, 2.75) is 71.6 Å². The summed E-state index contributed by atoms with van der Waals surface area (Å²) in [5, 5.41) is 2.20. The molecule has 0 amide bonds. The van der Waals surface area contributed by atoms with Crippen molar-refractivity contribution in [2.24, 2.45) is 0 Å². The Kier molecular flexibility index (Phi) is 10.9. The molecule has 7 aromatic carbocycles. The van der Waals surface area contributed by atoms with Crippen LogP contribution in [0.3, 0.4) is 0 Å². The average molecular weight is 1050 g/mol. The molecule has 0 aliphatic carbocycles. The van der Waals surface area contributed by atoms with Crippen molar-refractivity contribution in [1.82, 2.24) is 9.55 Å². The molecule has 0 spiro atoms. The molecule has 67 heavy (non-hydrogen) atoms. The van der Waals surface area contributed by atoms with Crippen molar-refractivity contribution < 1.29 is 25.8 Å². The third-order valence-corrected chi connectivity index (χ3v) is 13.5. The van der Waals surface area contributed by atoms with Gasteiger partial charge < -0.3 is 19.1 Å². The molecule has 0 unspecified atom stereocenters. The second-order valence-electron chi connectivity index (χ2n) is 20.3. The summed E-state index contributed by atoms with van der Waals surface area (Å²) < 4.78 is 9.04. The van der Waals surface area contributed by atoms with Gasteiger partial charge in [0.25, 0.3) is 0 Å². The van der Waals surface area contributed by atoms with Gasteiger partial charge in [0, 0.05) is 61.1 Å². The Labute approximate surface area is 409 Å². The largest absolute Gasteiger partial charge is 0.509 e. The molecule has 336 valence electrons. The third kappa shape index (κ3) is 7.87. The first-order valence-corrected chi connectivity index (χ1v) is 22.9. The van der Waals surface area contributed by atoms with E-state index in [1.807, 2.05) is 18.3 Å². The van der Waals surface area contributed by atoms with E-state index in [2.05, 4.69) is 240 Å². The predicted octanol–water partition coefficient (Wildman–Crippen LogP) is 15.6. The molecule has 5 nitrogen and oxygen atoms in total. The molecule has 0 radical (unpaired) electrons. The Morgan fingerprint density at radius 3 is 1.91 bits per heavy atom. The van der Waals surface area contributed by atoms with Crippen molar-refractivity contribution in [3.05, 3.63) is 217 Å². The smallest absolute Gasteiger partial charge is 0.135 e. The summed E-state index contributed by atoms with van der Waals surface area (Å²) in [4.78, 5) is 9.54. The van der Waals surface area contributed by atoms with Gasteiger partial charge in [-0.25, -0.2) is 4.98 Å². The fourth-order valence-electron chi connectivity index (χ4n) is 9.53. The second kappa shape index (κ2) is 16.6. The predicted molar refractivity (Wildman–Crippen MR) is 273 cm³/mol. The molecule has 0 saturated heterocycles. The van der Waals surface area contributed by atoms with Crippen LogP contribution in [-0.4, -0.2) is 9.55 Å². The first-order valence-electron chi connectivity index (χ1n) is 22.9. The molecular weight excluding hydrogens is 1000 g/mol. The molecular formula is C61H53N4OPt-3. The van der Waals surface area contributed by atoms with Crippen LogP contribution in [-0.2, 0) is 37.3 Å². The zero-order chi connectivity index (χ0) is 45.5. The van der Waals surface area contributed by atoms with Gasteiger partial charge in [-0.05, 0) is 91.7 Å². The van der Waals surface area contributed by atoms with E-state index in [-0.39, 0.29) is 37.3 Å². The van der Waals surface area contributed by atoms with Crippen LogP contribution >= 0.6 is 0 Å². The number of rotatable bonds is 7. The molecule has 2 aliphatic rings. The molecule has 4 heterocycles. The number of pyridine rings is 1. The molecule has 2 aromatic heterocycles. The van der Waals surface area contributed by atoms with Crippen molar-refractivity contribution >= 4 is 38.9 Å². The van der Waals surface area contributed by atoms with E-state index in [1.165, 1.54) is 38.9 Å². The summed E-state index contributed by atoms with van der Waals surface area (Å²) in [7, 11) is 0. The minimum Gasteiger partial charge on any atom is -0.509 e. The van der Waals surface area contributed by atoms with Crippen molar-refractivity contribution in [1.29, 1.82) is 0 Å². The Morgan fingerprint density at radius 1 is 0.537 bits per heavy atom. The Hall–Kier alpha value is -6.68. The number of nitrogens with zero attached hydrogens (tertiary/aromatic N) is 4. The molecule has 6 heteroatoms. The van der Waals surface area contributed by atoms with Gasteiger partial charge in [0.1, 0.15) is 5.82 Å². The first kappa shape index (κ1) is 44.2. The number of fused-ring (bicyclic) bond motifs is 9. The zero-order valence-electron chi connectivity index (χ0n) is 39.3. The van der Waals surface area contributed by atoms with Gasteiger partial charge in [0.15, 0.2) is 0 Å². The normalized spacial score (nSPS) is 13.5. The van der Waals surface area contributed by atoms with Gasteiger partial charge in [0.2, 0.25) is 0 Å². The Bertz CT molecular complexity index is 3340. The van der Waals surface area contributed by atoms with E-state index in [0.717, 1.165) is 55.8 Å². The van der Waals surface area contributed by atoms with Crippen LogP contribution in [0.5, 0.6) is 11.5 Å². The Balaban J connectivity index is 0.00000525. The zero-order valence-corrected chi connectivity index (χ0v) is 41.5. The fourth-order valence-corrected chi connectivity index (χ4v) is 9.53. The van der Waals surface area contributed by atoms with Crippen LogP contribution in [0.15, 0.2) is 170 Å².